The SMILES string of the molecule is CCNC(=NCCCNC(=O)OC(C)(C)C)NCCc1ccc(-c2nc(CC)no2)cc1.I. The number of aryl methyl sites for hydroxylation is 1. The van der Waals surface area contributed by atoms with Crippen molar-refractivity contribution in [1.82, 2.24) is 26.1 Å². The summed E-state index contributed by atoms with van der Waals surface area (Å²) in [6.45, 7) is 12.2. The number of aromatic nitrogens is 2. The van der Waals surface area contributed by atoms with Crippen LogP contribution in [-0.4, -0.2) is 54.0 Å². The van der Waals surface area contributed by atoms with Gasteiger partial charge in [0.25, 0.3) is 5.89 Å². The maximum atomic E-state index is 11.6. The van der Waals surface area contributed by atoms with Gasteiger partial charge in [-0.3, -0.25) is 4.99 Å². The molecule has 0 fully saturated rings. The molecule has 33 heavy (non-hydrogen) atoms. The van der Waals surface area contributed by atoms with Crippen LogP contribution in [0.15, 0.2) is 33.8 Å². The number of hydrogen-bond acceptors (Lipinski definition) is 6. The number of carbonyl (C=O) groups is 1. The Bertz CT molecular complexity index is 862. The normalized spacial score (nSPS) is 11.5. The lowest BCUT2D eigenvalue weighted by Crippen LogP contribution is -2.38. The predicted molar refractivity (Wildman–Crippen MR) is 141 cm³/mol. The predicted octanol–water partition coefficient (Wildman–Crippen LogP) is 3.93. The quantitative estimate of drug-likeness (QED) is 0.171. The van der Waals surface area contributed by atoms with Gasteiger partial charge in [-0.1, -0.05) is 24.2 Å². The number of guanidine groups is 1. The zero-order valence-electron chi connectivity index (χ0n) is 20.2. The molecular weight excluding hydrogens is 535 g/mol. The third-order valence-corrected chi connectivity index (χ3v) is 4.31. The molecule has 0 aliphatic carbocycles. The van der Waals surface area contributed by atoms with Gasteiger partial charge < -0.3 is 25.2 Å². The number of carbonyl (C=O) groups excluding carboxylic acids is 1. The number of aliphatic imine (C=N–C) groups is 1. The average molecular weight is 572 g/mol. The largest absolute Gasteiger partial charge is 0.444 e. The van der Waals surface area contributed by atoms with E-state index in [9.17, 15) is 4.79 Å². The molecule has 0 aliphatic heterocycles. The lowest BCUT2D eigenvalue weighted by Gasteiger charge is -2.19. The fourth-order valence-corrected chi connectivity index (χ4v) is 2.77. The van der Waals surface area contributed by atoms with Crippen molar-refractivity contribution in [1.29, 1.82) is 0 Å². The Balaban J connectivity index is 0.00000544. The van der Waals surface area contributed by atoms with Crippen LogP contribution in [0.2, 0.25) is 0 Å². The van der Waals surface area contributed by atoms with Crippen molar-refractivity contribution in [2.24, 2.45) is 4.99 Å². The van der Waals surface area contributed by atoms with E-state index in [0.717, 1.165) is 43.9 Å². The number of nitrogens with one attached hydrogen (secondary N) is 3. The number of nitrogens with zero attached hydrogens (tertiary/aromatic N) is 3. The molecule has 1 aromatic carbocycles. The standard InChI is InChI=1S/C23H36N6O3.HI/c1-6-19-28-20(32-29-19)18-11-9-17(10-12-18)13-16-26-21(24-7-2)25-14-8-15-27-22(30)31-23(3,4)5;/h9-12H,6-8,13-16H2,1-5H3,(H,27,30)(H2,24,25,26);1H. The molecule has 184 valence electrons. The van der Waals surface area contributed by atoms with Gasteiger partial charge in [0.2, 0.25) is 0 Å². The number of rotatable bonds is 10. The molecule has 0 saturated heterocycles. The summed E-state index contributed by atoms with van der Waals surface area (Å²) in [7, 11) is 0. The van der Waals surface area contributed by atoms with Crippen molar-refractivity contribution in [3.63, 3.8) is 0 Å². The molecule has 0 unspecified atom stereocenters. The van der Waals surface area contributed by atoms with E-state index >= 15 is 0 Å². The number of hydrogen-bond donors (Lipinski definition) is 3. The summed E-state index contributed by atoms with van der Waals surface area (Å²) < 4.78 is 10.5. The van der Waals surface area contributed by atoms with Crippen LogP contribution >= 0.6 is 24.0 Å². The summed E-state index contributed by atoms with van der Waals surface area (Å²) in [5.41, 5.74) is 1.63. The second kappa shape index (κ2) is 14.7. The summed E-state index contributed by atoms with van der Waals surface area (Å²) in [4.78, 5) is 20.6. The zero-order chi connectivity index (χ0) is 23.4. The maximum absolute atomic E-state index is 11.6. The summed E-state index contributed by atoms with van der Waals surface area (Å²) in [5, 5.41) is 13.3. The zero-order valence-corrected chi connectivity index (χ0v) is 22.6. The highest BCUT2D eigenvalue weighted by Gasteiger charge is 2.15. The topological polar surface area (TPSA) is 114 Å². The Morgan fingerprint density at radius 2 is 1.82 bits per heavy atom. The lowest BCUT2D eigenvalue weighted by molar-refractivity contribution is 0.0527. The molecule has 2 aromatic rings. The molecule has 0 radical (unpaired) electrons. The van der Waals surface area contributed by atoms with Gasteiger partial charge in [0.15, 0.2) is 11.8 Å². The van der Waals surface area contributed by atoms with Crippen LogP contribution in [0.4, 0.5) is 4.79 Å². The molecule has 3 N–H and O–H groups in total. The van der Waals surface area contributed by atoms with E-state index in [1.807, 2.05) is 46.8 Å². The van der Waals surface area contributed by atoms with Crippen LogP contribution in [0, 0.1) is 0 Å². The second-order valence-electron chi connectivity index (χ2n) is 8.29. The van der Waals surface area contributed by atoms with E-state index in [1.54, 1.807) is 0 Å². The minimum atomic E-state index is -0.490. The van der Waals surface area contributed by atoms with Gasteiger partial charge in [-0.15, -0.1) is 24.0 Å². The smallest absolute Gasteiger partial charge is 0.407 e. The van der Waals surface area contributed by atoms with Crippen molar-refractivity contribution >= 4 is 36.0 Å². The second-order valence-corrected chi connectivity index (χ2v) is 8.29. The number of ether oxygens (including phenoxy) is 1. The van der Waals surface area contributed by atoms with E-state index in [0.29, 0.717) is 24.8 Å². The van der Waals surface area contributed by atoms with Gasteiger partial charge in [-0.2, -0.15) is 4.98 Å². The Labute approximate surface area is 213 Å². The van der Waals surface area contributed by atoms with Crippen LogP contribution in [0.5, 0.6) is 0 Å². The van der Waals surface area contributed by atoms with Gasteiger partial charge in [0, 0.05) is 38.2 Å². The molecule has 1 amide bonds. The fourth-order valence-electron chi connectivity index (χ4n) is 2.77. The van der Waals surface area contributed by atoms with Gasteiger partial charge in [0.05, 0.1) is 0 Å². The van der Waals surface area contributed by atoms with Crippen molar-refractivity contribution in [3.05, 3.63) is 35.7 Å². The summed E-state index contributed by atoms with van der Waals surface area (Å²) >= 11 is 0. The van der Waals surface area contributed by atoms with Crippen molar-refractivity contribution in [2.75, 3.05) is 26.2 Å². The molecule has 2 rings (SSSR count). The van der Waals surface area contributed by atoms with E-state index in [-0.39, 0.29) is 24.0 Å². The third kappa shape index (κ3) is 11.4. The maximum Gasteiger partial charge on any atom is 0.407 e. The van der Waals surface area contributed by atoms with Crippen LogP contribution < -0.4 is 16.0 Å². The Hall–Kier alpha value is -2.37. The molecular formula is C23H37IN6O3. The highest BCUT2D eigenvalue weighted by Crippen LogP contribution is 2.18. The first kappa shape index (κ1) is 28.7. The first-order chi connectivity index (χ1) is 15.3. The molecule has 10 heteroatoms. The molecule has 1 heterocycles. The summed E-state index contributed by atoms with van der Waals surface area (Å²) in [5.74, 6) is 2.03. The lowest BCUT2D eigenvalue weighted by atomic mass is 10.1. The molecule has 9 nitrogen and oxygen atoms in total. The highest BCUT2D eigenvalue weighted by atomic mass is 127. The molecule has 0 atom stereocenters. The minimum Gasteiger partial charge on any atom is -0.444 e. The Morgan fingerprint density at radius 3 is 2.42 bits per heavy atom. The average Bonchev–Trinajstić information content (AvgIpc) is 3.22. The van der Waals surface area contributed by atoms with E-state index in [1.165, 1.54) is 5.56 Å². The van der Waals surface area contributed by atoms with Crippen molar-refractivity contribution in [2.45, 2.75) is 59.5 Å². The number of halogens is 1. The molecule has 1 aromatic heterocycles. The van der Waals surface area contributed by atoms with Gasteiger partial charge in [-0.05, 0) is 58.2 Å². The third-order valence-electron chi connectivity index (χ3n) is 4.31. The fraction of sp³-hybridized carbons (Fsp3) is 0.565. The van der Waals surface area contributed by atoms with Crippen LogP contribution in [0.25, 0.3) is 11.5 Å². The van der Waals surface area contributed by atoms with Gasteiger partial charge in [0.1, 0.15) is 5.60 Å². The molecule has 0 aliphatic rings. The summed E-state index contributed by atoms with van der Waals surface area (Å²) in [6.07, 6.45) is 1.94. The van der Waals surface area contributed by atoms with E-state index in [4.69, 9.17) is 9.26 Å². The Morgan fingerprint density at radius 1 is 1.09 bits per heavy atom. The van der Waals surface area contributed by atoms with Gasteiger partial charge in [-0.25, -0.2) is 4.79 Å². The van der Waals surface area contributed by atoms with Crippen LogP contribution in [-0.2, 0) is 17.6 Å². The van der Waals surface area contributed by atoms with Crippen molar-refractivity contribution in [3.8, 4) is 11.5 Å². The van der Waals surface area contributed by atoms with Gasteiger partial charge >= 0.3 is 6.09 Å². The molecule has 0 spiro atoms. The van der Waals surface area contributed by atoms with Crippen LogP contribution in [0.1, 0.15) is 52.4 Å². The van der Waals surface area contributed by atoms with Crippen LogP contribution in [0.3, 0.4) is 0 Å². The minimum absolute atomic E-state index is 0. The number of amides is 1. The Kier molecular flexibility index (Phi) is 12.8. The van der Waals surface area contributed by atoms with E-state index in [2.05, 4.69) is 43.2 Å². The summed E-state index contributed by atoms with van der Waals surface area (Å²) in [6, 6.07) is 8.14. The number of alkyl carbamates (subject to hydrolysis) is 1. The van der Waals surface area contributed by atoms with E-state index < -0.39 is 11.7 Å². The molecule has 0 bridgehead atoms. The number of benzene rings is 1. The highest BCUT2D eigenvalue weighted by molar-refractivity contribution is 14.0. The first-order valence-electron chi connectivity index (χ1n) is 11.2. The molecule has 0 saturated carbocycles. The van der Waals surface area contributed by atoms with Crippen molar-refractivity contribution < 1.29 is 14.1 Å². The first-order valence-corrected chi connectivity index (χ1v) is 11.2. The monoisotopic (exact) mass is 572 g/mol.